The lowest BCUT2D eigenvalue weighted by molar-refractivity contribution is 0.891. The van der Waals surface area contributed by atoms with E-state index in [1.807, 2.05) is 46.8 Å². The molecule has 0 fully saturated rings. The molecule has 6 heteroatoms. The number of nitrogen functional groups attached to an aromatic ring is 1. The van der Waals surface area contributed by atoms with Gasteiger partial charge in [0.2, 0.25) is 5.65 Å². The summed E-state index contributed by atoms with van der Waals surface area (Å²) in [5, 5.41) is 7.98. The molecule has 0 atom stereocenters. The van der Waals surface area contributed by atoms with E-state index in [0.29, 0.717) is 0 Å². The zero-order valence-corrected chi connectivity index (χ0v) is 10.6. The molecule has 2 N–H and O–H groups in total. The largest absolute Gasteiger partial charge is 0.399 e. The molecule has 2 heterocycles. The van der Waals surface area contributed by atoms with Crippen LogP contribution in [0.1, 0.15) is 5.56 Å². The van der Waals surface area contributed by atoms with Crippen LogP contribution in [0.15, 0.2) is 43.0 Å². The first-order chi connectivity index (χ1) is 9.24. The highest BCUT2D eigenvalue weighted by Gasteiger charge is 2.10. The number of fused-ring (bicyclic) bond motifs is 1. The molecule has 3 rings (SSSR count). The first kappa shape index (κ1) is 11.5. The normalized spacial score (nSPS) is 10.8. The molecule has 0 bridgehead atoms. The Balaban J connectivity index is 1.89. The highest BCUT2D eigenvalue weighted by atomic mass is 15.3. The molecule has 2 aromatic heterocycles. The molecule has 0 unspecified atom stereocenters. The minimum Gasteiger partial charge on any atom is -0.399 e. The van der Waals surface area contributed by atoms with Gasteiger partial charge in [0.1, 0.15) is 6.33 Å². The summed E-state index contributed by atoms with van der Waals surface area (Å²) in [7, 11) is 1.98. The number of aromatic nitrogens is 4. The van der Waals surface area contributed by atoms with E-state index in [9.17, 15) is 0 Å². The number of benzene rings is 1. The maximum absolute atomic E-state index is 5.68. The van der Waals surface area contributed by atoms with Crippen molar-refractivity contribution in [2.75, 3.05) is 17.7 Å². The number of anilines is 2. The Morgan fingerprint density at radius 2 is 2.05 bits per heavy atom. The van der Waals surface area contributed by atoms with Crippen LogP contribution in [0.3, 0.4) is 0 Å². The van der Waals surface area contributed by atoms with Gasteiger partial charge >= 0.3 is 0 Å². The second-order valence-electron chi connectivity index (χ2n) is 4.41. The van der Waals surface area contributed by atoms with Gasteiger partial charge in [-0.2, -0.15) is 0 Å². The van der Waals surface area contributed by atoms with Crippen LogP contribution in [-0.2, 0) is 6.54 Å². The monoisotopic (exact) mass is 254 g/mol. The molecule has 19 heavy (non-hydrogen) atoms. The van der Waals surface area contributed by atoms with E-state index >= 15 is 0 Å². The van der Waals surface area contributed by atoms with Gasteiger partial charge in [-0.15, -0.1) is 10.2 Å². The van der Waals surface area contributed by atoms with Crippen molar-refractivity contribution in [3.8, 4) is 0 Å². The summed E-state index contributed by atoms with van der Waals surface area (Å²) >= 11 is 0. The summed E-state index contributed by atoms with van der Waals surface area (Å²) in [4.78, 5) is 6.41. The third kappa shape index (κ3) is 2.20. The minimum absolute atomic E-state index is 0.736. The van der Waals surface area contributed by atoms with Gasteiger partial charge in [0, 0.05) is 31.7 Å². The summed E-state index contributed by atoms with van der Waals surface area (Å²) in [5.41, 5.74) is 8.37. The van der Waals surface area contributed by atoms with E-state index in [1.165, 1.54) is 5.56 Å². The van der Waals surface area contributed by atoms with Crippen LogP contribution in [-0.4, -0.2) is 26.6 Å². The average molecular weight is 254 g/mol. The molecular formula is C13H14N6. The zero-order valence-electron chi connectivity index (χ0n) is 10.6. The van der Waals surface area contributed by atoms with E-state index < -0.39 is 0 Å². The Morgan fingerprint density at radius 1 is 1.26 bits per heavy atom. The van der Waals surface area contributed by atoms with Crippen LogP contribution in [0.4, 0.5) is 11.5 Å². The van der Waals surface area contributed by atoms with E-state index in [0.717, 1.165) is 23.7 Å². The molecule has 0 saturated heterocycles. The lowest BCUT2D eigenvalue weighted by Gasteiger charge is -2.18. The fourth-order valence-corrected chi connectivity index (χ4v) is 1.99. The van der Waals surface area contributed by atoms with Gasteiger partial charge in [0.15, 0.2) is 5.82 Å². The molecule has 6 nitrogen and oxygen atoms in total. The third-order valence-electron chi connectivity index (χ3n) is 2.96. The van der Waals surface area contributed by atoms with Crippen molar-refractivity contribution in [1.82, 2.24) is 19.6 Å². The van der Waals surface area contributed by atoms with Crippen molar-refractivity contribution < 1.29 is 0 Å². The predicted molar refractivity (Wildman–Crippen MR) is 73.7 cm³/mol. The Labute approximate surface area is 110 Å². The molecule has 0 amide bonds. The number of nitrogens with zero attached hydrogens (tertiary/aromatic N) is 5. The fourth-order valence-electron chi connectivity index (χ4n) is 1.99. The highest BCUT2D eigenvalue weighted by molar-refractivity contribution is 5.62. The van der Waals surface area contributed by atoms with Crippen molar-refractivity contribution in [3.63, 3.8) is 0 Å². The fraction of sp³-hybridized carbons (Fsp3) is 0.154. The maximum atomic E-state index is 5.68. The SMILES string of the molecule is CN(Cc1ccc(N)cc1)c1nccn2cnnc12. The van der Waals surface area contributed by atoms with Crippen molar-refractivity contribution in [3.05, 3.63) is 48.5 Å². The molecule has 0 aliphatic rings. The Bertz CT molecular complexity index is 688. The summed E-state index contributed by atoms with van der Waals surface area (Å²) in [6.07, 6.45) is 5.23. The van der Waals surface area contributed by atoms with E-state index in [-0.39, 0.29) is 0 Å². The van der Waals surface area contributed by atoms with E-state index in [2.05, 4.69) is 15.2 Å². The number of hydrogen-bond donors (Lipinski definition) is 1. The van der Waals surface area contributed by atoms with Gasteiger partial charge in [-0.3, -0.25) is 4.40 Å². The molecule has 0 aliphatic heterocycles. The lowest BCUT2D eigenvalue weighted by atomic mass is 10.2. The maximum Gasteiger partial charge on any atom is 0.203 e. The van der Waals surface area contributed by atoms with Gasteiger partial charge in [0.25, 0.3) is 0 Å². The molecular weight excluding hydrogens is 240 g/mol. The van der Waals surface area contributed by atoms with Crippen LogP contribution in [0, 0.1) is 0 Å². The van der Waals surface area contributed by atoms with Crippen molar-refractivity contribution in [1.29, 1.82) is 0 Å². The van der Waals surface area contributed by atoms with Crippen molar-refractivity contribution >= 4 is 17.2 Å². The predicted octanol–water partition coefficient (Wildman–Crippen LogP) is 1.34. The topological polar surface area (TPSA) is 72.3 Å². The molecule has 0 radical (unpaired) electrons. The van der Waals surface area contributed by atoms with Gasteiger partial charge in [-0.1, -0.05) is 12.1 Å². The smallest absolute Gasteiger partial charge is 0.203 e. The first-order valence-electron chi connectivity index (χ1n) is 5.94. The van der Waals surface area contributed by atoms with Crippen LogP contribution in [0.2, 0.25) is 0 Å². The molecule has 0 spiro atoms. The van der Waals surface area contributed by atoms with Gasteiger partial charge in [-0.05, 0) is 17.7 Å². The Hall–Kier alpha value is -2.63. The average Bonchev–Trinajstić information content (AvgIpc) is 2.89. The quantitative estimate of drug-likeness (QED) is 0.714. The number of hydrogen-bond acceptors (Lipinski definition) is 5. The Kier molecular flexibility index (Phi) is 2.75. The molecule has 3 aromatic rings. The highest BCUT2D eigenvalue weighted by Crippen LogP contribution is 2.17. The van der Waals surface area contributed by atoms with Crippen LogP contribution in [0.5, 0.6) is 0 Å². The van der Waals surface area contributed by atoms with Crippen LogP contribution < -0.4 is 10.6 Å². The van der Waals surface area contributed by atoms with Crippen LogP contribution >= 0.6 is 0 Å². The molecule has 1 aromatic carbocycles. The van der Waals surface area contributed by atoms with Crippen molar-refractivity contribution in [2.24, 2.45) is 0 Å². The molecule has 0 aliphatic carbocycles. The second-order valence-corrected chi connectivity index (χ2v) is 4.41. The van der Waals surface area contributed by atoms with E-state index in [4.69, 9.17) is 5.73 Å². The standard InChI is InChI=1S/C13H14N6/c1-18(8-10-2-4-11(14)5-3-10)12-13-17-16-9-19(13)7-6-15-12/h2-7,9H,8,14H2,1H3. The summed E-state index contributed by atoms with van der Waals surface area (Å²) in [6.45, 7) is 0.736. The van der Waals surface area contributed by atoms with Gasteiger partial charge in [-0.25, -0.2) is 4.98 Å². The zero-order chi connectivity index (χ0) is 13.2. The number of rotatable bonds is 3. The number of nitrogens with two attached hydrogens (primary N) is 1. The van der Waals surface area contributed by atoms with Crippen LogP contribution in [0.25, 0.3) is 5.65 Å². The second kappa shape index (κ2) is 4.56. The summed E-state index contributed by atoms with van der Waals surface area (Å²) in [6, 6.07) is 7.81. The molecule has 0 saturated carbocycles. The minimum atomic E-state index is 0.736. The van der Waals surface area contributed by atoms with Gasteiger partial charge in [0.05, 0.1) is 0 Å². The Morgan fingerprint density at radius 3 is 2.84 bits per heavy atom. The van der Waals surface area contributed by atoms with Gasteiger partial charge < -0.3 is 10.6 Å². The summed E-state index contributed by atoms with van der Waals surface area (Å²) < 4.78 is 1.85. The lowest BCUT2D eigenvalue weighted by Crippen LogP contribution is -2.18. The summed E-state index contributed by atoms with van der Waals surface area (Å²) in [5.74, 6) is 0.803. The van der Waals surface area contributed by atoms with Crippen molar-refractivity contribution in [2.45, 2.75) is 6.54 Å². The van der Waals surface area contributed by atoms with E-state index in [1.54, 1.807) is 12.5 Å². The molecule has 96 valence electrons. The first-order valence-corrected chi connectivity index (χ1v) is 5.94. The third-order valence-corrected chi connectivity index (χ3v) is 2.96.